The number of likely N-dealkylation sites (tertiary alicyclic amines) is 1. The maximum absolute atomic E-state index is 15.0. The number of methoxy groups -OCH3 is 1. The van der Waals surface area contributed by atoms with Crippen molar-refractivity contribution in [1.82, 2.24) is 45.0 Å². The zero-order chi connectivity index (χ0) is 49.7. The third kappa shape index (κ3) is 10.9. The van der Waals surface area contributed by atoms with Crippen LogP contribution < -0.4 is 10.7 Å². The van der Waals surface area contributed by atoms with Crippen molar-refractivity contribution in [3.8, 4) is 34.2 Å². The van der Waals surface area contributed by atoms with Gasteiger partial charge in [0.2, 0.25) is 11.8 Å². The number of carbonyl (C=O) groups is 5. The molecule has 8 rings (SSSR count). The maximum Gasteiger partial charge on any atom is 0.324 e. The highest BCUT2D eigenvalue weighted by atomic mass is 16.5. The molecule has 4 aliphatic rings. The molecule has 6 bridgehead atoms. The Hall–Kier alpha value is -6.19. The number of amides is 4. The highest BCUT2D eigenvalue weighted by molar-refractivity contribution is 5.97. The van der Waals surface area contributed by atoms with Crippen LogP contribution in [0.1, 0.15) is 71.1 Å². The molecule has 0 spiro atoms. The number of likely N-dealkylation sites (N-methyl/N-ethyl adjacent to an activating group) is 1. The number of aromatic nitrogens is 3. The summed E-state index contributed by atoms with van der Waals surface area (Å²) in [5, 5.41) is 5.48. The Kier molecular flexibility index (Phi) is 15.7. The quantitative estimate of drug-likeness (QED) is 0.180. The van der Waals surface area contributed by atoms with Crippen molar-refractivity contribution >= 4 is 40.5 Å². The molecule has 2 aromatic heterocycles. The molecule has 0 saturated carbocycles. The number of hydrazine groups is 1. The van der Waals surface area contributed by atoms with E-state index in [1.165, 1.54) is 23.3 Å². The number of rotatable bonds is 9. The van der Waals surface area contributed by atoms with E-state index < -0.39 is 53.3 Å². The van der Waals surface area contributed by atoms with Gasteiger partial charge in [-0.05, 0) is 84.9 Å². The monoisotopic (exact) mass is 958 g/mol. The van der Waals surface area contributed by atoms with E-state index in [0.29, 0.717) is 64.1 Å². The zero-order valence-corrected chi connectivity index (χ0v) is 41.5. The van der Waals surface area contributed by atoms with Gasteiger partial charge < -0.3 is 33.9 Å². The lowest BCUT2D eigenvalue weighted by Crippen LogP contribution is -2.63. The average Bonchev–Trinajstić information content (AvgIpc) is 3.98. The molecule has 4 aromatic rings. The van der Waals surface area contributed by atoms with Crippen LogP contribution in [-0.2, 0) is 51.1 Å². The number of hydrogen-bond donors (Lipinski definition) is 2. The largest absolute Gasteiger partial charge is 0.464 e. The number of hydrogen-bond acceptors (Lipinski definition) is 12. The van der Waals surface area contributed by atoms with E-state index in [4.69, 9.17) is 14.2 Å². The van der Waals surface area contributed by atoms with Crippen LogP contribution in [0.4, 0.5) is 0 Å². The summed E-state index contributed by atoms with van der Waals surface area (Å²) in [5.41, 5.74) is 9.10. The van der Waals surface area contributed by atoms with Crippen LogP contribution in [0.2, 0.25) is 0 Å². The van der Waals surface area contributed by atoms with Gasteiger partial charge in [-0.25, -0.2) is 15.4 Å². The minimum atomic E-state index is -1.29. The number of esters is 1. The molecule has 5 atom stereocenters. The van der Waals surface area contributed by atoms with Gasteiger partial charge in [0, 0.05) is 87.7 Å². The molecule has 4 amide bonds. The Labute approximate surface area is 410 Å². The van der Waals surface area contributed by atoms with E-state index in [1.807, 2.05) is 50.5 Å². The van der Waals surface area contributed by atoms with Gasteiger partial charge >= 0.3 is 5.97 Å². The summed E-state index contributed by atoms with van der Waals surface area (Å²) in [6.07, 6.45) is 6.12. The Morgan fingerprint density at radius 1 is 1.00 bits per heavy atom. The number of ether oxygens (including phenoxy) is 3. The molecule has 0 radical (unpaired) electrons. The first kappa shape index (κ1) is 50.2. The second kappa shape index (κ2) is 21.8. The van der Waals surface area contributed by atoms with Crippen molar-refractivity contribution in [3.05, 3.63) is 72.3 Å². The summed E-state index contributed by atoms with van der Waals surface area (Å²) in [6, 6.07) is 11.1. The molecule has 0 aliphatic carbocycles. The first-order chi connectivity index (χ1) is 33.7. The third-order valence-electron chi connectivity index (χ3n) is 14.1. The lowest BCUT2D eigenvalue weighted by molar-refractivity contribution is -0.157. The first-order valence-corrected chi connectivity index (χ1v) is 24.6. The fourth-order valence-electron chi connectivity index (χ4n) is 10.5. The van der Waals surface area contributed by atoms with Gasteiger partial charge in [-0.15, -0.1) is 0 Å². The van der Waals surface area contributed by atoms with Gasteiger partial charge in [-0.2, -0.15) is 0 Å². The molecule has 2 N–H and O–H groups in total. The number of nitrogens with zero attached hydrogens (tertiary/aromatic N) is 7. The van der Waals surface area contributed by atoms with Crippen LogP contribution in [0.5, 0.6) is 0 Å². The van der Waals surface area contributed by atoms with Crippen LogP contribution in [0, 0.1) is 29.1 Å². The molecule has 3 fully saturated rings. The summed E-state index contributed by atoms with van der Waals surface area (Å²) in [6.45, 7) is 14.9. The van der Waals surface area contributed by atoms with E-state index in [-0.39, 0.29) is 37.4 Å². The smallest absolute Gasteiger partial charge is 0.324 e. The topological polar surface area (TPSA) is 181 Å². The Balaban J connectivity index is 1.11. The molecular formula is C53H67N9O8. The molecule has 6 heterocycles. The van der Waals surface area contributed by atoms with E-state index in [2.05, 4.69) is 81.0 Å². The zero-order valence-electron chi connectivity index (χ0n) is 41.5. The van der Waals surface area contributed by atoms with Crippen molar-refractivity contribution in [1.29, 1.82) is 0 Å². The number of benzene rings is 2. The summed E-state index contributed by atoms with van der Waals surface area (Å²) in [4.78, 5) is 85.0. The Morgan fingerprint density at radius 2 is 1.76 bits per heavy atom. The molecular weight excluding hydrogens is 891 g/mol. The fourth-order valence-corrected chi connectivity index (χ4v) is 10.5. The van der Waals surface area contributed by atoms with Crippen molar-refractivity contribution in [2.24, 2.45) is 17.3 Å². The SMILES string of the molecule is CCn1c(-c2cncnc2)c2c3cc(ccc31)-c1cccc(c1)[C@@H](OC)[C@H](NC(=O)C(C(C)C)N(C)C(=O)[C@H]1CCN(C(=O)C#CCN3CCOCC3)C1)C(=O)N1CCC[C@H](N1)C(=O)OCC(C)(C)C2. The highest BCUT2D eigenvalue weighted by Gasteiger charge is 2.43. The summed E-state index contributed by atoms with van der Waals surface area (Å²) < 4.78 is 20.0. The van der Waals surface area contributed by atoms with Gasteiger partial charge in [-0.3, -0.25) is 33.9 Å². The summed E-state index contributed by atoms with van der Waals surface area (Å²) in [5.74, 6) is 2.67. The first-order valence-electron chi connectivity index (χ1n) is 24.6. The number of carbonyl (C=O) groups excluding carboxylic acids is 5. The number of fused-ring (bicyclic) bond motifs is 6. The predicted octanol–water partition coefficient (Wildman–Crippen LogP) is 4.25. The van der Waals surface area contributed by atoms with Crippen molar-refractivity contribution < 1.29 is 38.2 Å². The summed E-state index contributed by atoms with van der Waals surface area (Å²) in [7, 11) is 3.09. The third-order valence-corrected chi connectivity index (χ3v) is 14.1. The number of cyclic esters (lactones) is 1. The highest BCUT2D eigenvalue weighted by Crippen LogP contribution is 2.40. The average molecular weight is 958 g/mol. The lowest BCUT2D eigenvalue weighted by Gasteiger charge is -2.38. The molecule has 17 nitrogen and oxygen atoms in total. The molecule has 1 unspecified atom stereocenters. The normalized spacial score (nSPS) is 22.5. The van der Waals surface area contributed by atoms with E-state index in [1.54, 1.807) is 11.9 Å². The second-order valence-electron chi connectivity index (χ2n) is 20.0. The minimum Gasteiger partial charge on any atom is -0.464 e. The second-order valence-corrected chi connectivity index (χ2v) is 20.0. The molecule has 4 aliphatic heterocycles. The lowest BCUT2D eigenvalue weighted by atomic mass is 9.84. The molecule has 2 aromatic carbocycles. The predicted molar refractivity (Wildman–Crippen MR) is 263 cm³/mol. The van der Waals surface area contributed by atoms with Gasteiger partial charge in [0.05, 0.1) is 38.0 Å². The van der Waals surface area contributed by atoms with Gasteiger partial charge in [0.15, 0.2) is 0 Å². The number of aryl methyl sites for hydroxylation is 1. The van der Waals surface area contributed by atoms with E-state index in [9.17, 15) is 19.2 Å². The van der Waals surface area contributed by atoms with Crippen LogP contribution >= 0.6 is 0 Å². The van der Waals surface area contributed by atoms with Gasteiger partial charge in [0.1, 0.15) is 30.6 Å². The standard InChI is InChI=1S/C53H67N9O8/c1-8-61-43-17-16-36-27-40(43)41(47(61)39-29-54-33-55-30-39)28-53(4,5)32-70-52(67)42-14-10-20-62(57-42)51(66)45(48(68-7)37-13-9-12-35(36)26-37)56-49(64)46(34(2)3)58(6)50(65)38-18-21-60(31-38)44(63)15-11-19-59-22-24-69-25-23-59/h9,12-13,16-17,26-27,29-30,33-34,38,42,45-46,48,57H,8,10,14,18-25,28,31-32H2,1-7H3,(H,56,64)/t38-,42-,45-,46?,48+/m0/s1. The molecule has 3 saturated heterocycles. The minimum absolute atomic E-state index is 0.120. The number of nitrogens with one attached hydrogen (secondary N) is 2. The van der Waals surface area contributed by atoms with Crippen molar-refractivity contribution in [3.63, 3.8) is 0 Å². The summed E-state index contributed by atoms with van der Waals surface area (Å²) >= 11 is 0. The van der Waals surface area contributed by atoms with Crippen molar-refractivity contribution in [2.75, 3.05) is 73.2 Å². The van der Waals surface area contributed by atoms with Crippen LogP contribution in [-0.4, -0.2) is 155 Å². The van der Waals surface area contributed by atoms with Crippen LogP contribution in [0.3, 0.4) is 0 Å². The molecule has 70 heavy (non-hydrogen) atoms. The van der Waals surface area contributed by atoms with Crippen LogP contribution in [0.25, 0.3) is 33.3 Å². The van der Waals surface area contributed by atoms with Gasteiger partial charge in [-0.1, -0.05) is 57.9 Å². The maximum atomic E-state index is 15.0. The molecule has 17 heteroatoms. The van der Waals surface area contributed by atoms with Crippen molar-refractivity contribution in [2.45, 2.75) is 91.1 Å². The Bertz CT molecular complexity index is 2630. The van der Waals surface area contributed by atoms with Gasteiger partial charge in [0.25, 0.3) is 11.8 Å². The molecule has 372 valence electrons. The van der Waals surface area contributed by atoms with E-state index in [0.717, 1.165) is 51.9 Å². The van der Waals surface area contributed by atoms with E-state index >= 15 is 4.79 Å². The Morgan fingerprint density at radius 3 is 2.49 bits per heavy atom. The number of morpholine rings is 1. The van der Waals surface area contributed by atoms with Crippen LogP contribution in [0.15, 0.2) is 61.2 Å². The fraction of sp³-hybridized carbons (Fsp3) is 0.528.